The van der Waals surface area contributed by atoms with Crippen LogP contribution in [0.4, 0.5) is 24.8 Å². The van der Waals surface area contributed by atoms with Crippen molar-refractivity contribution < 1.29 is 18.0 Å². The molecular formula is C17H20F3N7O. The van der Waals surface area contributed by atoms with Crippen LogP contribution in [0, 0.1) is 0 Å². The first-order chi connectivity index (χ1) is 13.2. The van der Waals surface area contributed by atoms with Crippen LogP contribution in [0.5, 0.6) is 0 Å². The van der Waals surface area contributed by atoms with Crippen molar-refractivity contribution in [1.29, 1.82) is 0 Å². The Labute approximate surface area is 159 Å². The van der Waals surface area contributed by atoms with E-state index in [1.165, 1.54) is 19.3 Å². The van der Waals surface area contributed by atoms with Gasteiger partial charge in [0.1, 0.15) is 5.82 Å². The van der Waals surface area contributed by atoms with Crippen LogP contribution >= 0.6 is 0 Å². The minimum atomic E-state index is -4.55. The standard InChI is InChI=1S/C17H20F3N7O/c1-10-24-7-12(3-4-13(8-25-10)17(18,19)20)15-14(21)9-26-16(27-15)23-6-5-22-11(2)28/h4,7-9,24H,1,3,5-6,21H2,2H3,(H,22,28)(H,23,26,27)/b12-7+,13-4+,25-8?. The predicted molar refractivity (Wildman–Crippen MR) is 101 cm³/mol. The summed E-state index contributed by atoms with van der Waals surface area (Å²) in [6.45, 7) is 5.67. The topological polar surface area (TPSA) is 117 Å². The van der Waals surface area contributed by atoms with Gasteiger partial charge in [0.05, 0.1) is 23.2 Å². The van der Waals surface area contributed by atoms with Crippen molar-refractivity contribution in [3.8, 4) is 0 Å². The number of halogens is 3. The lowest BCUT2D eigenvalue weighted by Gasteiger charge is -2.12. The number of nitrogen functional groups attached to an aromatic ring is 1. The van der Waals surface area contributed by atoms with Crippen LogP contribution in [-0.2, 0) is 4.79 Å². The lowest BCUT2D eigenvalue weighted by Crippen LogP contribution is -2.26. The van der Waals surface area contributed by atoms with E-state index in [0.29, 0.717) is 24.9 Å². The van der Waals surface area contributed by atoms with E-state index in [-0.39, 0.29) is 35.5 Å². The second-order valence-electron chi connectivity index (χ2n) is 5.79. The van der Waals surface area contributed by atoms with Crippen molar-refractivity contribution in [2.24, 2.45) is 4.99 Å². The van der Waals surface area contributed by atoms with Gasteiger partial charge in [-0.15, -0.1) is 0 Å². The maximum Gasteiger partial charge on any atom is 0.417 e. The van der Waals surface area contributed by atoms with Gasteiger partial charge in [0, 0.05) is 32.4 Å². The number of aromatic nitrogens is 2. The molecule has 2 heterocycles. The minimum Gasteiger partial charge on any atom is -0.396 e. The highest BCUT2D eigenvalue weighted by atomic mass is 19.4. The van der Waals surface area contributed by atoms with Gasteiger partial charge in [-0.3, -0.25) is 4.79 Å². The zero-order chi connectivity index (χ0) is 20.7. The fraction of sp³-hybridized carbons (Fsp3) is 0.294. The Bertz CT molecular complexity index is 844. The van der Waals surface area contributed by atoms with Gasteiger partial charge in [0.25, 0.3) is 0 Å². The van der Waals surface area contributed by atoms with E-state index in [2.05, 4.69) is 37.5 Å². The molecule has 8 nitrogen and oxygen atoms in total. The second-order valence-corrected chi connectivity index (χ2v) is 5.79. The highest BCUT2D eigenvalue weighted by molar-refractivity contribution is 5.83. The Morgan fingerprint density at radius 2 is 2.14 bits per heavy atom. The highest BCUT2D eigenvalue weighted by Crippen LogP contribution is 2.29. The maximum atomic E-state index is 13.1. The average molecular weight is 395 g/mol. The molecule has 11 heteroatoms. The first-order valence-corrected chi connectivity index (χ1v) is 8.24. The lowest BCUT2D eigenvalue weighted by atomic mass is 10.1. The Kier molecular flexibility index (Phi) is 6.74. The quantitative estimate of drug-likeness (QED) is 0.567. The molecule has 0 atom stereocenters. The molecule has 1 aromatic rings. The van der Waals surface area contributed by atoms with Crippen LogP contribution in [-0.4, -0.2) is 41.4 Å². The molecule has 0 bridgehead atoms. The molecule has 0 unspecified atom stereocenters. The second kappa shape index (κ2) is 9.02. The summed E-state index contributed by atoms with van der Waals surface area (Å²) in [6, 6.07) is 0. The maximum absolute atomic E-state index is 13.1. The molecule has 1 aliphatic heterocycles. The number of carbonyl (C=O) groups excluding carboxylic acids is 1. The number of amides is 1. The summed E-state index contributed by atoms with van der Waals surface area (Å²) >= 11 is 0. The largest absolute Gasteiger partial charge is 0.417 e. The Hall–Kier alpha value is -3.37. The van der Waals surface area contributed by atoms with Gasteiger partial charge in [0.15, 0.2) is 0 Å². The van der Waals surface area contributed by atoms with Gasteiger partial charge in [-0.25, -0.2) is 15.0 Å². The third-order valence-electron chi connectivity index (χ3n) is 3.54. The van der Waals surface area contributed by atoms with E-state index in [1.54, 1.807) is 0 Å². The van der Waals surface area contributed by atoms with Gasteiger partial charge in [-0.05, 0) is 12.0 Å². The summed E-state index contributed by atoms with van der Waals surface area (Å²) in [6.07, 6.45) is -0.114. The number of allylic oxidation sites excluding steroid dienone is 3. The number of aliphatic imine (C=N–C) groups is 1. The number of alkyl halides is 3. The van der Waals surface area contributed by atoms with Crippen molar-refractivity contribution in [2.75, 3.05) is 24.1 Å². The molecule has 1 aliphatic rings. The fourth-order valence-corrected chi connectivity index (χ4v) is 2.19. The van der Waals surface area contributed by atoms with E-state index in [9.17, 15) is 18.0 Å². The first-order valence-electron chi connectivity index (χ1n) is 8.24. The number of hydrogen-bond donors (Lipinski definition) is 4. The molecule has 2 rings (SSSR count). The smallest absolute Gasteiger partial charge is 0.396 e. The van der Waals surface area contributed by atoms with E-state index < -0.39 is 11.7 Å². The SMILES string of the molecule is C=C1N=C/C(C(F)(F)F)=C\C/C(c2nc(NCCNC(C)=O)ncc2N)=C\N1. The molecule has 0 saturated carbocycles. The Balaban J connectivity index is 2.26. The summed E-state index contributed by atoms with van der Waals surface area (Å²) in [5.41, 5.74) is 5.90. The predicted octanol–water partition coefficient (Wildman–Crippen LogP) is 1.97. The Morgan fingerprint density at radius 1 is 1.39 bits per heavy atom. The van der Waals surface area contributed by atoms with Crippen molar-refractivity contribution in [2.45, 2.75) is 19.5 Å². The average Bonchev–Trinajstić information content (AvgIpc) is 2.70. The van der Waals surface area contributed by atoms with Gasteiger partial charge in [0.2, 0.25) is 11.9 Å². The van der Waals surface area contributed by atoms with Crippen molar-refractivity contribution >= 4 is 29.3 Å². The minimum absolute atomic E-state index is 0.0378. The number of nitrogens with one attached hydrogen (secondary N) is 3. The monoisotopic (exact) mass is 395 g/mol. The number of nitrogens with zero attached hydrogens (tertiary/aromatic N) is 3. The van der Waals surface area contributed by atoms with Crippen LogP contribution in [0.15, 0.2) is 41.4 Å². The van der Waals surface area contributed by atoms with Crippen LogP contribution in [0.1, 0.15) is 19.0 Å². The third-order valence-corrected chi connectivity index (χ3v) is 3.54. The van der Waals surface area contributed by atoms with Crippen molar-refractivity contribution in [1.82, 2.24) is 20.6 Å². The van der Waals surface area contributed by atoms with Gasteiger partial charge >= 0.3 is 6.18 Å². The summed E-state index contributed by atoms with van der Waals surface area (Å²) < 4.78 is 39.3. The lowest BCUT2D eigenvalue weighted by molar-refractivity contribution is -0.118. The van der Waals surface area contributed by atoms with Gasteiger partial charge < -0.3 is 21.7 Å². The molecule has 1 aromatic heterocycles. The summed E-state index contributed by atoms with van der Waals surface area (Å²) in [7, 11) is 0. The molecule has 0 aromatic carbocycles. The number of rotatable bonds is 5. The van der Waals surface area contributed by atoms with E-state index in [4.69, 9.17) is 5.73 Å². The van der Waals surface area contributed by atoms with E-state index >= 15 is 0 Å². The fourth-order valence-electron chi connectivity index (χ4n) is 2.19. The summed E-state index contributed by atoms with van der Waals surface area (Å²) in [4.78, 5) is 22.8. The first kappa shape index (κ1) is 20.9. The molecule has 0 radical (unpaired) electrons. The Morgan fingerprint density at radius 3 is 2.82 bits per heavy atom. The number of hydrogen-bond acceptors (Lipinski definition) is 7. The normalized spacial score (nSPS) is 18.5. The van der Waals surface area contributed by atoms with Crippen LogP contribution in [0.25, 0.3) is 5.57 Å². The zero-order valence-electron chi connectivity index (χ0n) is 15.1. The van der Waals surface area contributed by atoms with E-state index in [1.807, 2.05) is 0 Å². The number of carbonyl (C=O) groups is 1. The third kappa shape index (κ3) is 6.11. The highest BCUT2D eigenvalue weighted by Gasteiger charge is 2.32. The van der Waals surface area contributed by atoms with Crippen molar-refractivity contribution in [3.63, 3.8) is 0 Å². The van der Waals surface area contributed by atoms with Crippen molar-refractivity contribution in [3.05, 3.63) is 42.1 Å². The molecule has 0 aliphatic carbocycles. The number of nitrogens with two attached hydrogens (primary N) is 1. The van der Waals surface area contributed by atoms with E-state index in [0.717, 1.165) is 6.08 Å². The molecule has 1 amide bonds. The molecule has 150 valence electrons. The van der Waals surface area contributed by atoms with Crippen LogP contribution in [0.3, 0.4) is 0 Å². The molecule has 28 heavy (non-hydrogen) atoms. The zero-order valence-corrected chi connectivity index (χ0v) is 15.1. The molecule has 0 spiro atoms. The van der Waals surface area contributed by atoms with Gasteiger partial charge in [-0.1, -0.05) is 12.7 Å². The molecule has 0 saturated heterocycles. The number of anilines is 2. The molecule has 0 fully saturated rings. The van der Waals surface area contributed by atoms with Crippen LogP contribution < -0.4 is 21.7 Å². The molecule has 5 N–H and O–H groups in total. The molecular weight excluding hydrogens is 375 g/mol. The van der Waals surface area contributed by atoms with Gasteiger partial charge in [-0.2, -0.15) is 13.2 Å². The summed E-state index contributed by atoms with van der Waals surface area (Å²) in [5.74, 6) is 0.0958. The van der Waals surface area contributed by atoms with Crippen LogP contribution in [0.2, 0.25) is 0 Å². The summed E-state index contributed by atoms with van der Waals surface area (Å²) in [5, 5.41) is 8.24.